The van der Waals surface area contributed by atoms with Crippen LogP contribution in [0.15, 0.2) is 18.2 Å². The Kier molecular flexibility index (Phi) is 6.15. The van der Waals surface area contributed by atoms with Crippen molar-refractivity contribution in [3.8, 4) is 0 Å². The van der Waals surface area contributed by atoms with Crippen LogP contribution in [0.2, 0.25) is 0 Å². The van der Waals surface area contributed by atoms with Gasteiger partial charge in [-0.15, -0.1) is 0 Å². The first kappa shape index (κ1) is 20.5. The molecular formula is C21H30N4O3. The van der Waals surface area contributed by atoms with Crippen molar-refractivity contribution >= 4 is 17.7 Å². The van der Waals surface area contributed by atoms with Crippen molar-refractivity contribution in [3.63, 3.8) is 0 Å². The first-order valence-corrected chi connectivity index (χ1v) is 10.0. The summed E-state index contributed by atoms with van der Waals surface area (Å²) in [6.07, 6.45) is 0.636. The molecule has 0 aromatic heterocycles. The summed E-state index contributed by atoms with van der Waals surface area (Å²) >= 11 is 0. The molecule has 1 aromatic carbocycles. The number of nitrogens with one attached hydrogen (secondary N) is 2. The summed E-state index contributed by atoms with van der Waals surface area (Å²) in [7, 11) is 0. The van der Waals surface area contributed by atoms with E-state index in [0.717, 1.165) is 11.1 Å². The van der Waals surface area contributed by atoms with E-state index < -0.39 is 6.04 Å². The smallest absolute Gasteiger partial charge is 0.255 e. The molecule has 28 heavy (non-hydrogen) atoms. The largest absolute Gasteiger partial charge is 0.326 e. The normalized spacial score (nSPS) is 21.7. The topological polar surface area (TPSA) is 105 Å². The minimum Gasteiger partial charge on any atom is -0.326 e. The Morgan fingerprint density at radius 2 is 2.00 bits per heavy atom. The summed E-state index contributed by atoms with van der Waals surface area (Å²) in [5.74, 6) is 0.120. The second kappa shape index (κ2) is 8.41. The predicted octanol–water partition coefficient (Wildman–Crippen LogP) is 1.16. The highest BCUT2D eigenvalue weighted by molar-refractivity contribution is 6.05. The van der Waals surface area contributed by atoms with Gasteiger partial charge < -0.3 is 16.0 Å². The van der Waals surface area contributed by atoms with Crippen molar-refractivity contribution in [3.05, 3.63) is 34.9 Å². The van der Waals surface area contributed by atoms with Gasteiger partial charge in [-0.25, -0.2) is 0 Å². The van der Waals surface area contributed by atoms with Crippen LogP contribution in [0.1, 0.15) is 55.1 Å². The predicted molar refractivity (Wildman–Crippen MR) is 106 cm³/mol. The Morgan fingerprint density at radius 1 is 1.25 bits per heavy atom. The van der Waals surface area contributed by atoms with Crippen LogP contribution in [0.25, 0.3) is 0 Å². The lowest BCUT2D eigenvalue weighted by atomic mass is 9.91. The maximum absolute atomic E-state index is 13.0. The zero-order valence-corrected chi connectivity index (χ0v) is 16.8. The summed E-state index contributed by atoms with van der Waals surface area (Å²) in [6, 6.07) is 5.27. The van der Waals surface area contributed by atoms with Gasteiger partial charge in [0.2, 0.25) is 11.8 Å². The number of nitrogens with two attached hydrogens (primary N) is 1. The molecule has 3 amide bonds. The van der Waals surface area contributed by atoms with Gasteiger partial charge in [-0.1, -0.05) is 39.0 Å². The molecule has 1 saturated heterocycles. The van der Waals surface area contributed by atoms with Crippen LogP contribution in [-0.4, -0.2) is 41.2 Å². The highest BCUT2D eigenvalue weighted by Crippen LogP contribution is 2.29. The van der Waals surface area contributed by atoms with Crippen LogP contribution in [0.4, 0.5) is 0 Å². The molecule has 7 heteroatoms. The summed E-state index contributed by atoms with van der Waals surface area (Å²) in [6.45, 7) is 8.11. The van der Waals surface area contributed by atoms with Crippen LogP contribution < -0.4 is 16.4 Å². The van der Waals surface area contributed by atoms with Crippen molar-refractivity contribution in [1.82, 2.24) is 15.5 Å². The Balaban J connectivity index is 1.67. The van der Waals surface area contributed by atoms with Gasteiger partial charge in [0.05, 0.1) is 0 Å². The highest BCUT2D eigenvalue weighted by atomic mass is 16.2. The fourth-order valence-electron chi connectivity index (χ4n) is 3.89. The summed E-state index contributed by atoms with van der Waals surface area (Å²) in [5, 5.41) is 5.71. The maximum Gasteiger partial charge on any atom is 0.255 e. The van der Waals surface area contributed by atoms with Gasteiger partial charge in [0, 0.05) is 37.7 Å². The van der Waals surface area contributed by atoms with E-state index >= 15 is 0 Å². The number of piperidine rings is 1. The lowest BCUT2D eigenvalue weighted by molar-refractivity contribution is -0.136. The Bertz CT molecular complexity index is 777. The van der Waals surface area contributed by atoms with Gasteiger partial charge in [-0.05, 0) is 29.4 Å². The third-order valence-electron chi connectivity index (χ3n) is 6.06. The van der Waals surface area contributed by atoms with Gasteiger partial charge in [-0.2, -0.15) is 0 Å². The molecule has 1 fully saturated rings. The third-order valence-corrected chi connectivity index (χ3v) is 6.06. The molecule has 2 heterocycles. The first-order chi connectivity index (χ1) is 13.3. The number of rotatable bonds is 7. The molecule has 0 radical (unpaired) electrons. The number of carbonyl (C=O) groups excluding carboxylic acids is 3. The molecule has 4 N–H and O–H groups in total. The lowest BCUT2D eigenvalue weighted by Crippen LogP contribution is -2.52. The van der Waals surface area contributed by atoms with E-state index in [1.54, 1.807) is 4.90 Å². The van der Waals surface area contributed by atoms with E-state index in [2.05, 4.69) is 31.4 Å². The highest BCUT2D eigenvalue weighted by Gasteiger charge is 2.39. The summed E-state index contributed by atoms with van der Waals surface area (Å²) in [5.41, 5.74) is 8.77. The van der Waals surface area contributed by atoms with Crippen molar-refractivity contribution in [1.29, 1.82) is 0 Å². The molecule has 152 valence electrons. The van der Waals surface area contributed by atoms with Gasteiger partial charge >= 0.3 is 0 Å². The van der Waals surface area contributed by atoms with E-state index in [-0.39, 0.29) is 30.2 Å². The average Bonchev–Trinajstić information content (AvgIpc) is 2.98. The second-order valence-corrected chi connectivity index (χ2v) is 8.25. The first-order valence-electron chi connectivity index (χ1n) is 10.0. The summed E-state index contributed by atoms with van der Waals surface area (Å²) in [4.78, 5) is 38.2. The van der Waals surface area contributed by atoms with Crippen LogP contribution in [0.3, 0.4) is 0 Å². The van der Waals surface area contributed by atoms with Crippen molar-refractivity contribution in [2.75, 3.05) is 6.54 Å². The monoisotopic (exact) mass is 386 g/mol. The Labute approximate surface area is 166 Å². The average molecular weight is 386 g/mol. The molecule has 2 aliphatic heterocycles. The van der Waals surface area contributed by atoms with Crippen LogP contribution >= 0.6 is 0 Å². The lowest BCUT2D eigenvalue weighted by Gasteiger charge is -2.29. The zero-order chi connectivity index (χ0) is 20.4. The van der Waals surface area contributed by atoms with E-state index in [0.29, 0.717) is 43.5 Å². The van der Waals surface area contributed by atoms with E-state index in [1.165, 1.54) is 0 Å². The number of nitrogens with zero attached hydrogens (tertiary/aromatic N) is 1. The van der Waals surface area contributed by atoms with E-state index in [9.17, 15) is 14.4 Å². The van der Waals surface area contributed by atoms with Crippen molar-refractivity contribution in [2.24, 2.45) is 17.6 Å². The molecule has 0 bridgehead atoms. The molecule has 0 saturated carbocycles. The minimum absolute atomic E-state index is 0.0485. The van der Waals surface area contributed by atoms with Crippen molar-refractivity contribution < 1.29 is 14.4 Å². The number of benzene rings is 1. The SMILES string of the molecule is CC(C)C(C)C(N)CNCc1cccc2c1C(=O)N(C1CCC(=O)NC1=O)C2. The van der Waals surface area contributed by atoms with E-state index in [4.69, 9.17) is 5.73 Å². The van der Waals surface area contributed by atoms with Gasteiger partial charge in [0.15, 0.2) is 0 Å². The van der Waals surface area contributed by atoms with Crippen molar-refractivity contribution in [2.45, 2.75) is 58.8 Å². The number of hydrogen-bond donors (Lipinski definition) is 3. The molecule has 3 unspecified atom stereocenters. The van der Waals surface area contributed by atoms with Crippen LogP contribution in [0.5, 0.6) is 0 Å². The van der Waals surface area contributed by atoms with Crippen LogP contribution in [0, 0.1) is 11.8 Å². The quantitative estimate of drug-likeness (QED) is 0.610. The number of carbonyl (C=O) groups is 3. The van der Waals surface area contributed by atoms with Gasteiger partial charge in [-0.3, -0.25) is 19.7 Å². The molecule has 0 spiro atoms. The van der Waals surface area contributed by atoms with Gasteiger partial charge in [0.25, 0.3) is 5.91 Å². The zero-order valence-electron chi connectivity index (χ0n) is 16.8. The van der Waals surface area contributed by atoms with Gasteiger partial charge in [0.1, 0.15) is 6.04 Å². The summed E-state index contributed by atoms with van der Waals surface area (Å²) < 4.78 is 0. The number of imide groups is 1. The second-order valence-electron chi connectivity index (χ2n) is 8.25. The molecule has 7 nitrogen and oxygen atoms in total. The standard InChI is InChI=1S/C21H30N4O3/c1-12(2)13(3)16(22)10-23-9-14-5-4-6-15-11-25(21(28)19(14)15)17-7-8-18(26)24-20(17)27/h4-6,12-13,16-17,23H,7-11,22H2,1-3H3,(H,24,26,27). The molecule has 2 aliphatic rings. The number of amides is 3. The van der Waals surface area contributed by atoms with Crippen LogP contribution in [-0.2, 0) is 22.7 Å². The van der Waals surface area contributed by atoms with E-state index in [1.807, 2.05) is 18.2 Å². The molecule has 1 aromatic rings. The molecular weight excluding hydrogens is 356 g/mol. The molecule has 3 rings (SSSR count). The minimum atomic E-state index is -0.585. The Hall–Kier alpha value is -2.25. The Morgan fingerprint density at radius 3 is 2.68 bits per heavy atom. The molecule has 3 atom stereocenters. The fraction of sp³-hybridized carbons (Fsp3) is 0.571. The number of hydrogen-bond acceptors (Lipinski definition) is 5. The third kappa shape index (κ3) is 4.10. The maximum atomic E-state index is 13.0. The fourth-order valence-corrected chi connectivity index (χ4v) is 3.89. The molecule has 0 aliphatic carbocycles. The number of fused-ring (bicyclic) bond motifs is 1.